The number of hydrogen-bond acceptors (Lipinski definition) is 2. The van der Waals surface area contributed by atoms with E-state index in [9.17, 15) is 4.79 Å². The molecule has 112 valence electrons. The SMILES string of the molecule is CCCc1ccc(C(C)NCCC(=O)NC(C)C)cc1. The van der Waals surface area contributed by atoms with Crippen molar-refractivity contribution in [2.24, 2.45) is 0 Å². The van der Waals surface area contributed by atoms with E-state index in [-0.39, 0.29) is 18.0 Å². The summed E-state index contributed by atoms with van der Waals surface area (Å²) in [5.74, 6) is 0.109. The first-order valence-corrected chi connectivity index (χ1v) is 7.64. The summed E-state index contributed by atoms with van der Waals surface area (Å²) in [7, 11) is 0. The highest BCUT2D eigenvalue weighted by Gasteiger charge is 2.07. The van der Waals surface area contributed by atoms with Crippen LogP contribution in [0.15, 0.2) is 24.3 Å². The van der Waals surface area contributed by atoms with Crippen LogP contribution in [0.5, 0.6) is 0 Å². The molecule has 0 aromatic heterocycles. The summed E-state index contributed by atoms with van der Waals surface area (Å²) < 4.78 is 0. The number of carbonyl (C=O) groups is 1. The molecule has 2 N–H and O–H groups in total. The van der Waals surface area contributed by atoms with Gasteiger partial charge in [0, 0.05) is 25.0 Å². The Labute approximate surface area is 123 Å². The molecule has 0 aliphatic heterocycles. The lowest BCUT2D eigenvalue weighted by atomic mass is 10.0. The second kappa shape index (κ2) is 8.75. The van der Waals surface area contributed by atoms with Crippen LogP contribution in [0.2, 0.25) is 0 Å². The largest absolute Gasteiger partial charge is 0.354 e. The third-order valence-electron chi connectivity index (χ3n) is 3.27. The number of amides is 1. The molecule has 0 radical (unpaired) electrons. The highest BCUT2D eigenvalue weighted by atomic mass is 16.1. The molecule has 1 aromatic rings. The van der Waals surface area contributed by atoms with Crippen molar-refractivity contribution in [1.82, 2.24) is 10.6 Å². The van der Waals surface area contributed by atoms with Crippen LogP contribution in [0.3, 0.4) is 0 Å². The molecular formula is C17H28N2O. The number of aryl methyl sites for hydroxylation is 1. The Kier molecular flexibility index (Phi) is 7.31. The smallest absolute Gasteiger partial charge is 0.221 e. The number of benzene rings is 1. The molecule has 1 atom stereocenters. The Hall–Kier alpha value is -1.35. The predicted molar refractivity (Wildman–Crippen MR) is 84.8 cm³/mol. The maximum Gasteiger partial charge on any atom is 0.221 e. The Morgan fingerprint density at radius 1 is 1.15 bits per heavy atom. The summed E-state index contributed by atoms with van der Waals surface area (Å²) in [6.45, 7) is 8.99. The second-order valence-electron chi connectivity index (χ2n) is 5.64. The van der Waals surface area contributed by atoms with Crippen molar-refractivity contribution in [3.8, 4) is 0 Å². The van der Waals surface area contributed by atoms with E-state index in [1.54, 1.807) is 0 Å². The topological polar surface area (TPSA) is 41.1 Å². The molecule has 1 unspecified atom stereocenters. The van der Waals surface area contributed by atoms with Crippen LogP contribution in [0.25, 0.3) is 0 Å². The summed E-state index contributed by atoms with van der Waals surface area (Å²) in [6.07, 6.45) is 2.84. The standard InChI is InChI=1S/C17H28N2O/c1-5-6-15-7-9-16(10-8-15)14(4)18-12-11-17(20)19-13(2)3/h7-10,13-14,18H,5-6,11-12H2,1-4H3,(H,19,20). The van der Waals surface area contributed by atoms with Crippen molar-refractivity contribution in [2.75, 3.05) is 6.54 Å². The van der Waals surface area contributed by atoms with Gasteiger partial charge in [0.15, 0.2) is 0 Å². The number of rotatable bonds is 8. The molecular weight excluding hydrogens is 248 g/mol. The van der Waals surface area contributed by atoms with Gasteiger partial charge in [0.25, 0.3) is 0 Å². The monoisotopic (exact) mass is 276 g/mol. The molecule has 0 fully saturated rings. The quantitative estimate of drug-likeness (QED) is 0.765. The third kappa shape index (κ3) is 6.20. The number of hydrogen-bond donors (Lipinski definition) is 2. The molecule has 3 heteroatoms. The minimum atomic E-state index is 0.109. The summed E-state index contributed by atoms with van der Waals surface area (Å²) in [4.78, 5) is 11.5. The fourth-order valence-electron chi connectivity index (χ4n) is 2.18. The van der Waals surface area contributed by atoms with Crippen LogP contribution in [-0.2, 0) is 11.2 Å². The summed E-state index contributed by atoms with van der Waals surface area (Å²) in [5, 5.41) is 6.29. The first-order chi connectivity index (χ1) is 9.52. The molecule has 1 amide bonds. The Morgan fingerprint density at radius 2 is 1.80 bits per heavy atom. The number of carbonyl (C=O) groups excluding carboxylic acids is 1. The van der Waals surface area contributed by atoms with E-state index in [2.05, 4.69) is 48.7 Å². The van der Waals surface area contributed by atoms with Gasteiger partial charge in [0.05, 0.1) is 0 Å². The Balaban J connectivity index is 2.35. The minimum Gasteiger partial charge on any atom is -0.354 e. The molecule has 1 rings (SSSR count). The lowest BCUT2D eigenvalue weighted by Crippen LogP contribution is -2.33. The molecule has 20 heavy (non-hydrogen) atoms. The van der Waals surface area contributed by atoms with Crippen molar-refractivity contribution in [2.45, 2.75) is 59.0 Å². The zero-order valence-corrected chi connectivity index (χ0v) is 13.2. The summed E-state index contributed by atoms with van der Waals surface area (Å²) in [5.41, 5.74) is 2.66. The van der Waals surface area contributed by atoms with E-state index in [1.165, 1.54) is 17.5 Å². The van der Waals surface area contributed by atoms with E-state index in [4.69, 9.17) is 0 Å². The predicted octanol–water partition coefficient (Wildman–Crippen LogP) is 3.20. The molecule has 0 aliphatic rings. The maximum atomic E-state index is 11.5. The van der Waals surface area contributed by atoms with Gasteiger partial charge in [-0.15, -0.1) is 0 Å². The van der Waals surface area contributed by atoms with Crippen molar-refractivity contribution < 1.29 is 4.79 Å². The van der Waals surface area contributed by atoms with E-state index in [1.807, 2.05) is 13.8 Å². The summed E-state index contributed by atoms with van der Waals surface area (Å²) in [6, 6.07) is 9.24. The first kappa shape index (κ1) is 16.7. The minimum absolute atomic E-state index is 0.109. The molecule has 0 heterocycles. The second-order valence-corrected chi connectivity index (χ2v) is 5.64. The maximum absolute atomic E-state index is 11.5. The molecule has 0 saturated heterocycles. The Bertz CT molecular complexity index is 398. The van der Waals surface area contributed by atoms with Gasteiger partial charge in [0.1, 0.15) is 0 Å². The van der Waals surface area contributed by atoms with Gasteiger partial charge < -0.3 is 10.6 Å². The van der Waals surface area contributed by atoms with E-state index in [0.717, 1.165) is 6.42 Å². The van der Waals surface area contributed by atoms with E-state index >= 15 is 0 Å². The van der Waals surface area contributed by atoms with Crippen molar-refractivity contribution in [3.63, 3.8) is 0 Å². The first-order valence-electron chi connectivity index (χ1n) is 7.64. The van der Waals surface area contributed by atoms with Crippen molar-refractivity contribution >= 4 is 5.91 Å². The van der Waals surface area contributed by atoms with Gasteiger partial charge in [-0.1, -0.05) is 37.6 Å². The highest BCUT2D eigenvalue weighted by Crippen LogP contribution is 2.14. The summed E-state index contributed by atoms with van der Waals surface area (Å²) >= 11 is 0. The van der Waals surface area contributed by atoms with E-state index < -0.39 is 0 Å². The van der Waals surface area contributed by atoms with Gasteiger partial charge in [-0.3, -0.25) is 4.79 Å². The highest BCUT2D eigenvalue weighted by molar-refractivity contribution is 5.76. The molecule has 0 aliphatic carbocycles. The van der Waals surface area contributed by atoms with Gasteiger partial charge in [-0.2, -0.15) is 0 Å². The van der Waals surface area contributed by atoms with Crippen molar-refractivity contribution in [1.29, 1.82) is 0 Å². The zero-order valence-electron chi connectivity index (χ0n) is 13.2. The van der Waals surface area contributed by atoms with Crippen LogP contribution < -0.4 is 10.6 Å². The van der Waals surface area contributed by atoms with E-state index in [0.29, 0.717) is 13.0 Å². The molecule has 1 aromatic carbocycles. The van der Waals surface area contributed by atoms with Crippen LogP contribution in [-0.4, -0.2) is 18.5 Å². The number of nitrogens with one attached hydrogen (secondary N) is 2. The molecule has 0 bridgehead atoms. The van der Waals surface area contributed by atoms with Crippen molar-refractivity contribution in [3.05, 3.63) is 35.4 Å². The third-order valence-corrected chi connectivity index (χ3v) is 3.27. The lowest BCUT2D eigenvalue weighted by molar-refractivity contribution is -0.121. The zero-order chi connectivity index (χ0) is 15.0. The van der Waals surface area contributed by atoms with Gasteiger partial charge >= 0.3 is 0 Å². The van der Waals surface area contributed by atoms with Crippen LogP contribution >= 0.6 is 0 Å². The Morgan fingerprint density at radius 3 is 2.35 bits per heavy atom. The normalized spacial score (nSPS) is 12.4. The van der Waals surface area contributed by atoms with Gasteiger partial charge in [-0.05, 0) is 38.3 Å². The lowest BCUT2D eigenvalue weighted by Gasteiger charge is -2.15. The fraction of sp³-hybridized carbons (Fsp3) is 0.588. The van der Waals surface area contributed by atoms with Crippen LogP contribution in [0.1, 0.15) is 57.7 Å². The molecule has 0 saturated carbocycles. The average molecular weight is 276 g/mol. The van der Waals surface area contributed by atoms with Gasteiger partial charge in [-0.25, -0.2) is 0 Å². The van der Waals surface area contributed by atoms with Crippen LogP contribution in [0.4, 0.5) is 0 Å². The fourth-order valence-corrected chi connectivity index (χ4v) is 2.18. The van der Waals surface area contributed by atoms with Crippen LogP contribution in [0, 0.1) is 0 Å². The average Bonchev–Trinajstić information content (AvgIpc) is 2.39. The molecule has 3 nitrogen and oxygen atoms in total. The van der Waals surface area contributed by atoms with Gasteiger partial charge in [0.2, 0.25) is 5.91 Å². The molecule has 0 spiro atoms.